The van der Waals surface area contributed by atoms with E-state index in [1.807, 2.05) is 30.5 Å². The Kier molecular flexibility index (Phi) is 6.00. The fourth-order valence-corrected chi connectivity index (χ4v) is 1.80. The van der Waals surface area contributed by atoms with E-state index in [2.05, 4.69) is 5.32 Å². The van der Waals surface area contributed by atoms with E-state index in [4.69, 9.17) is 18.0 Å². The molecule has 1 aromatic rings. The summed E-state index contributed by atoms with van der Waals surface area (Å²) in [6.07, 6.45) is 2.55. The number of nitrogens with two attached hydrogens (primary N) is 1. The van der Waals surface area contributed by atoms with Gasteiger partial charge >= 0.3 is 0 Å². The van der Waals surface area contributed by atoms with Gasteiger partial charge in [-0.05, 0) is 11.8 Å². The lowest BCUT2D eigenvalue weighted by Crippen LogP contribution is -2.23. The third-order valence-electron chi connectivity index (χ3n) is 2.26. The molecule has 0 saturated heterocycles. The number of carbonyl (C=O) groups is 1. The number of benzene rings is 1. The van der Waals surface area contributed by atoms with Gasteiger partial charge in [0.1, 0.15) is 4.99 Å². The summed E-state index contributed by atoms with van der Waals surface area (Å²) in [6.45, 7) is 0.546. The molecule has 0 unspecified atom stereocenters. The molecule has 5 heteroatoms. The quantitative estimate of drug-likeness (QED) is 0.771. The zero-order valence-corrected chi connectivity index (χ0v) is 11.4. The largest absolute Gasteiger partial charge is 0.389 e. The number of carbonyl (C=O) groups excluding carboxylic acids is 1. The highest BCUT2D eigenvalue weighted by molar-refractivity contribution is 7.98. The van der Waals surface area contributed by atoms with Gasteiger partial charge in [0, 0.05) is 24.3 Å². The van der Waals surface area contributed by atoms with Crippen molar-refractivity contribution in [1.82, 2.24) is 5.32 Å². The molecule has 17 heavy (non-hydrogen) atoms. The summed E-state index contributed by atoms with van der Waals surface area (Å²) in [5.41, 5.74) is 7.39. The molecular formula is C12H16N2OS2. The second-order valence-electron chi connectivity index (χ2n) is 3.58. The van der Waals surface area contributed by atoms with Crippen LogP contribution in [0.15, 0.2) is 24.3 Å². The van der Waals surface area contributed by atoms with Crippen molar-refractivity contribution in [2.45, 2.75) is 13.0 Å². The third-order valence-corrected chi connectivity index (χ3v) is 3.11. The molecule has 3 nitrogen and oxygen atoms in total. The van der Waals surface area contributed by atoms with Gasteiger partial charge in [0.15, 0.2) is 0 Å². The molecule has 0 saturated carbocycles. The predicted octanol–water partition coefficient (Wildman–Crippen LogP) is 1.69. The molecule has 0 fully saturated rings. The lowest BCUT2D eigenvalue weighted by atomic mass is 10.1. The van der Waals surface area contributed by atoms with Crippen LogP contribution in [0.25, 0.3) is 0 Å². The molecule has 92 valence electrons. The van der Waals surface area contributed by atoms with Crippen LogP contribution in [0.1, 0.15) is 17.5 Å². The number of thiocarbonyl (C=S) groups is 1. The maximum absolute atomic E-state index is 11.4. The van der Waals surface area contributed by atoms with E-state index in [-0.39, 0.29) is 5.91 Å². The first-order valence-electron chi connectivity index (χ1n) is 5.28. The van der Waals surface area contributed by atoms with Crippen molar-refractivity contribution in [2.75, 3.05) is 12.0 Å². The lowest BCUT2D eigenvalue weighted by Gasteiger charge is -2.05. The van der Waals surface area contributed by atoms with Crippen LogP contribution in [-0.2, 0) is 11.3 Å². The number of thioether (sulfide) groups is 1. The molecule has 0 bridgehead atoms. The van der Waals surface area contributed by atoms with Gasteiger partial charge in [-0.3, -0.25) is 4.79 Å². The smallest absolute Gasteiger partial charge is 0.221 e. The van der Waals surface area contributed by atoms with Crippen LogP contribution in [0, 0.1) is 0 Å². The van der Waals surface area contributed by atoms with Crippen LogP contribution in [-0.4, -0.2) is 22.9 Å². The topological polar surface area (TPSA) is 55.1 Å². The summed E-state index contributed by atoms with van der Waals surface area (Å²) in [7, 11) is 0. The molecule has 0 aromatic heterocycles. The van der Waals surface area contributed by atoms with Crippen LogP contribution >= 0.6 is 24.0 Å². The second kappa shape index (κ2) is 7.29. The fraction of sp³-hybridized carbons (Fsp3) is 0.333. The highest BCUT2D eigenvalue weighted by Crippen LogP contribution is 2.04. The summed E-state index contributed by atoms with van der Waals surface area (Å²) >= 11 is 6.53. The Hall–Kier alpha value is -1.07. The first-order chi connectivity index (χ1) is 8.13. The number of amides is 1. The number of hydrogen-bond acceptors (Lipinski definition) is 3. The summed E-state index contributed by atoms with van der Waals surface area (Å²) in [4.78, 5) is 11.8. The number of hydrogen-bond donors (Lipinski definition) is 2. The van der Waals surface area contributed by atoms with Crippen molar-refractivity contribution in [3.8, 4) is 0 Å². The van der Waals surface area contributed by atoms with E-state index in [0.29, 0.717) is 18.0 Å². The molecule has 1 aromatic carbocycles. The zero-order valence-electron chi connectivity index (χ0n) is 9.73. The van der Waals surface area contributed by atoms with E-state index < -0.39 is 0 Å². The highest BCUT2D eigenvalue weighted by Gasteiger charge is 2.01. The molecule has 0 aliphatic carbocycles. The SMILES string of the molecule is CSCCC(=O)NCc1ccc(C(N)=S)cc1. The van der Waals surface area contributed by atoms with Crippen molar-refractivity contribution in [3.63, 3.8) is 0 Å². The van der Waals surface area contributed by atoms with E-state index >= 15 is 0 Å². The minimum atomic E-state index is 0.0813. The normalized spacial score (nSPS) is 9.94. The summed E-state index contributed by atoms with van der Waals surface area (Å²) in [6, 6.07) is 7.57. The first kappa shape index (κ1) is 14.0. The predicted molar refractivity (Wildman–Crippen MR) is 77.2 cm³/mol. The van der Waals surface area contributed by atoms with Crippen molar-refractivity contribution < 1.29 is 4.79 Å². The Labute approximate surface area is 111 Å². The minimum absolute atomic E-state index is 0.0813. The summed E-state index contributed by atoms with van der Waals surface area (Å²) in [5.74, 6) is 0.935. The average molecular weight is 268 g/mol. The highest BCUT2D eigenvalue weighted by atomic mass is 32.2. The van der Waals surface area contributed by atoms with Crippen molar-refractivity contribution in [3.05, 3.63) is 35.4 Å². The van der Waals surface area contributed by atoms with Gasteiger partial charge in [0.25, 0.3) is 0 Å². The zero-order chi connectivity index (χ0) is 12.7. The second-order valence-corrected chi connectivity index (χ2v) is 5.01. The van der Waals surface area contributed by atoms with E-state index in [9.17, 15) is 4.79 Å². The Balaban J connectivity index is 2.42. The first-order valence-corrected chi connectivity index (χ1v) is 7.08. The molecule has 1 amide bonds. The van der Waals surface area contributed by atoms with Crippen LogP contribution in [0.5, 0.6) is 0 Å². The summed E-state index contributed by atoms with van der Waals surface area (Å²) < 4.78 is 0. The Morgan fingerprint density at radius 3 is 2.59 bits per heavy atom. The van der Waals surface area contributed by atoms with Gasteiger partial charge in [0.2, 0.25) is 5.91 Å². The van der Waals surface area contributed by atoms with Gasteiger partial charge in [-0.2, -0.15) is 11.8 Å². The minimum Gasteiger partial charge on any atom is -0.389 e. The fourth-order valence-electron chi connectivity index (χ4n) is 1.27. The maximum atomic E-state index is 11.4. The van der Waals surface area contributed by atoms with E-state index in [1.165, 1.54) is 0 Å². The standard InChI is InChI=1S/C12H16N2OS2/c1-17-7-6-11(15)14-8-9-2-4-10(5-3-9)12(13)16/h2-5H,6-8H2,1H3,(H2,13,16)(H,14,15). The number of nitrogens with one attached hydrogen (secondary N) is 1. The van der Waals surface area contributed by atoms with Crippen LogP contribution in [0.3, 0.4) is 0 Å². The number of rotatable bonds is 6. The van der Waals surface area contributed by atoms with Crippen molar-refractivity contribution >= 4 is 34.9 Å². The monoisotopic (exact) mass is 268 g/mol. The molecule has 0 aliphatic rings. The Morgan fingerprint density at radius 2 is 2.06 bits per heavy atom. The molecule has 1 rings (SSSR count). The lowest BCUT2D eigenvalue weighted by molar-refractivity contribution is -0.120. The van der Waals surface area contributed by atoms with Gasteiger partial charge in [0.05, 0.1) is 0 Å². The van der Waals surface area contributed by atoms with E-state index in [0.717, 1.165) is 16.9 Å². The van der Waals surface area contributed by atoms with Gasteiger partial charge in [-0.25, -0.2) is 0 Å². The van der Waals surface area contributed by atoms with Crippen LogP contribution in [0.2, 0.25) is 0 Å². The van der Waals surface area contributed by atoms with Gasteiger partial charge in [-0.1, -0.05) is 36.5 Å². The molecular weight excluding hydrogens is 252 g/mol. The van der Waals surface area contributed by atoms with Crippen molar-refractivity contribution in [1.29, 1.82) is 0 Å². The molecule has 0 aliphatic heterocycles. The van der Waals surface area contributed by atoms with Crippen LogP contribution < -0.4 is 11.1 Å². The molecule has 0 spiro atoms. The maximum Gasteiger partial charge on any atom is 0.221 e. The van der Waals surface area contributed by atoms with Crippen LogP contribution in [0.4, 0.5) is 0 Å². The third kappa shape index (κ3) is 5.19. The average Bonchev–Trinajstić information content (AvgIpc) is 2.34. The van der Waals surface area contributed by atoms with Gasteiger partial charge in [-0.15, -0.1) is 0 Å². The molecule has 0 heterocycles. The molecule has 3 N–H and O–H groups in total. The van der Waals surface area contributed by atoms with Gasteiger partial charge < -0.3 is 11.1 Å². The van der Waals surface area contributed by atoms with Crippen molar-refractivity contribution in [2.24, 2.45) is 5.73 Å². The molecule has 0 atom stereocenters. The molecule has 0 radical (unpaired) electrons. The Bertz CT molecular complexity index is 390. The van der Waals surface area contributed by atoms with E-state index in [1.54, 1.807) is 11.8 Å². The Morgan fingerprint density at radius 1 is 1.41 bits per heavy atom. The summed E-state index contributed by atoms with van der Waals surface area (Å²) in [5, 5.41) is 2.87.